The number of aliphatic carboxylic acids is 1. The number of ketones is 1. The standard InChI is InChI=1S/C6H7NO4/c7-6(11)4(8)2-1-3-5(9)10/h1-2H,3H2,(H2,7,11)(H,9,10)/p-1/b2-1+. The molecule has 0 heterocycles. The molecule has 1 amide bonds. The summed E-state index contributed by atoms with van der Waals surface area (Å²) < 4.78 is 0. The Morgan fingerprint density at radius 2 is 1.91 bits per heavy atom. The van der Waals surface area contributed by atoms with Gasteiger partial charge in [-0.1, -0.05) is 6.08 Å². The molecule has 60 valence electrons. The van der Waals surface area contributed by atoms with Crippen molar-refractivity contribution in [2.45, 2.75) is 6.42 Å². The Hall–Kier alpha value is -1.65. The number of carboxylic acid groups (broad SMARTS) is 1. The smallest absolute Gasteiger partial charge is 0.289 e. The second-order valence-corrected chi connectivity index (χ2v) is 1.71. The maximum Gasteiger partial charge on any atom is 0.289 e. The van der Waals surface area contributed by atoms with Gasteiger partial charge in [-0.25, -0.2) is 0 Å². The molecule has 0 rings (SSSR count). The lowest BCUT2D eigenvalue weighted by molar-refractivity contribution is -0.304. The molecule has 0 fully saturated rings. The molecule has 0 radical (unpaired) electrons. The number of carboxylic acids is 1. The first-order chi connectivity index (χ1) is 5.04. The summed E-state index contributed by atoms with van der Waals surface area (Å²) in [5.74, 6) is -3.36. The predicted octanol–water partition coefficient (Wildman–Crippen LogP) is -2.26. The van der Waals surface area contributed by atoms with Crippen LogP contribution < -0.4 is 10.8 Å². The highest BCUT2D eigenvalue weighted by atomic mass is 16.4. The van der Waals surface area contributed by atoms with Gasteiger partial charge in [-0.15, -0.1) is 0 Å². The van der Waals surface area contributed by atoms with Gasteiger partial charge in [0.05, 0.1) is 0 Å². The van der Waals surface area contributed by atoms with Crippen LogP contribution in [0.3, 0.4) is 0 Å². The third kappa shape index (κ3) is 4.83. The number of carbonyl (C=O) groups is 3. The maximum atomic E-state index is 10.3. The van der Waals surface area contributed by atoms with Crippen LogP contribution in [-0.2, 0) is 14.4 Å². The number of primary amides is 1. The van der Waals surface area contributed by atoms with E-state index >= 15 is 0 Å². The van der Waals surface area contributed by atoms with E-state index in [1.165, 1.54) is 0 Å². The highest BCUT2D eigenvalue weighted by molar-refractivity contribution is 6.40. The van der Waals surface area contributed by atoms with Crippen molar-refractivity contribution in [3.63, 3.8) is 0 Å². The molecule has 11 heavy (non-hydrogen) atoms. The molecule has 0 saturated carbocycles. The number of rotatable bonds is 4. The molecule has 2 N–H and O–H groups in total. The fourth-order valence-corrected chi connectivity index (χ4v) is 0.344. The molecule has 0 aliphatic rings. The Bertz CT molecular complexity index is 219. The molecule has 0 aromatic rings. The lowest BCUT2D eigenvalue weighted by atomic mass is 10.3. The van der Waals surface area contributed by atoms with E-state index < -0.39 is 24.1 Å². The van der Waals surface area contributed by atoms with Crippen LogP contribution in [0.4, 0.5) is 0 Å². The zero-order valence-corrected chi connectivity index (χ0v) is 5.57. The highest BCUT2D eigenvalue weighted by Crippen LogP contribution is 1.81. The monoisotopic (exact) mass is 156 g/mol. The van der Waals surface area contributed by atoms with E-state index in [1.807, 2.05) is 0 Å². The zero-order valence-electron chi connectivity index (χ0n) is 5.57. The number of amides is 1. The van der Waals surface area contributed by atoms with Crippen LogP contribution >= 0.6 is 0 Å². The Morgan fingerprint density at radius 1 is 1.36 bits per heavy atom. The summed E-state index contributed by atoms with van der Waals surface area (Å²) in [5, 5.41) is 9.76. The van der Waals surface area contributed by atoms with Gasteiger partial charge in [0.2, 0.25) is 5.78 Å². The molecule has 0 spiro atoms. The molecule has 0 aliphatic heterocycles. The maximum absolute atomic E-state index is 10.3. The largest absolute Gasteiger partial charge is 0.550 e. The van der Waals surface area contributed by atoms with Gasteiger partial charge in [0.1, 0.15) is 0 Å². The molecule has 0 atom stereocenters. The summed E-state index contributed by atoms with van der Waals surface area (Å²) in [6, 6.07) is 0. The lowest BCUT2D eigenvalue weighted by Gasteiger charge is -1.91. The van der Waals surface area contributed by atoms with Crippen LogP contribution in [-0.4, -0.2) is 17.7 Å². The van der Waals surface area contributed by atoms with E-state index in [2.05, 4.69) is 5.73 Å². The van der Waals surface area contributed by atoms with Gasteiger partial charge in [0.15, 0.2) is 0 Å². The van der Waals surface area contributed by atoms with Crippen molar-refractivity contribution in [2.75, 3.05) is 0 Å². The summed E-state index contributed by atoms with van der Waals surface area (Å²) in [6.45, 7) is 0. The van der Waals surface area contributed by atoms with Crippen molar-refractivity contribution in [1.29, 1.82) is 0 Å². The minimum atomic E-state index is -1.32. The van der Waals surface area contributed by atoms with Crippen LogP contribution in [0.25, 0.3) is 0 Å². The summed E-state index contributed by atoms with van der Waals surface area (Å²) in [4.78, 5) is 30.1. The molecule has 5 nitrogen and oxygen atoms in total. The van der Waals surface area contributed by atoms with E-state index in [0.717, 1.165) is 12.2 Å². The number of nitrogens with two attached hydrogens (primary N) is 1. The molecular formula is C6H6NO4-. The lowest BCUT2D eigenvalue weighted by Crippen LogP contribution is -2.22. The second-order valence-electron chi connectivity index (χ2n) is 1.71. The topological polar surface area (TPSA) is 100 Å². The van der Waals surface area contributed by atoms with Crippen molar-refractivity contribution in [3.8, 4) is 0 Å². The van der Waals surface area contributed by atoms with Crippen LogP contribution in [0.2, 0.25) is 0 Å². The third-order valence-electron chi connectivity index (χ3n) is 0.797. The van der Waals surface area contributed by atoms with Crippen LogP contribution in [0.5, 0.6) is 0 Å². The first kappa shape index (κ1) is 9.35. The molecule has 5 heteroatoms. The first-order valence-corrected chi connectivity index (χ1v) is 2.74. The van der Waals surface area contributed by atoms with Gasteiger partial charge in [-0.05, 0) is 6.08 Å². The summed E-state index contributed by atoms with van der Waals surface area (Å²) >= 11 is 0. The van der Waals surface area contributed by atoms with E-state index in [9.17, 15) is 19.5 Å². The molecule has 0 aromatic heterocycles. The number of carbonyl (C=O) groups excluding carboxylic acids is 3. The molecular weight excluding hydrogens is 150 g/mol. The molecule has 0 aromatic carbocycles. The SMILES string of the molecule is NC(=O)C(=O)/C=C/CC(=O)[O-]. The van der Waals surface area contributed by atoms with Gasteiger partial charge in [-0.2, -0.15) is 0 Å². The Labute approximate surface area is 62.5 Å². The van der Waals surface area contributed by atoms with Crippen molar-refractivity contribution in [3.05, 3.63) is 12.2 Å². The van der Waals surface area contributed by atoms with Crippen LogP contribution in [0.1, 0.15) is 6.42 Å². The Balaban J connectivity index is 3.84. The summed E-state index contributed by atoms with van der Waals surface area (Å²) in [5.41, 5.74) is 4.55. The predicted molar refractivity (Wildman–Crippen MR) is 33.0 cm³/mol. The van der Waals surface area contributed by atoms with Gasteiger partial charge < -0.3 is 15.6 Å². The Morgan fingerprint density at radius 3 is 2.27 bits per heavy atom. The van der Waals surface area contributed by atoms with Gasteiger partial charge in [0.25, 0.3) is 5.91 Å². The number of hydrogen-bond acceptors (Lipinski definition) is 4. The minimum Gasteiger partial charge on any atom is -0.550 e. The molecule has 0 saturated heterocycles. The van der Waals surface area contributed by atoms with E-state index in [1.54, 1.807) is 0 Å². The fourth-order valence-electron chi connectivity index (χ4n) is 0.344. The second kappa shape index (κ2) is 4.21. The van der Waals surface area contributed by atoms with Crippen LogP contribution in [0, 0.1) is 0 Å². The van der Waals surface area contributed by atoms with Gasteiger partial charge in [-0.3, -0.25) is 9.59 Å². The molecule has 0 aliphatic carbocycles. The Kier molecular flexibility index (Phi) is 3.58. The minimum absolute atomic E-state index is 0.404. The van der Waals surface area contributed by atoms with Crippen molar-refractivity contribution >= 4 is 17.7 Å². The quantitative estimate of drug-likeness (QED) is 0.366. The summed E-state index contributed by atoms with van der Waals surface area (Å²) in [7, 11) is 0. The van der Waals surface area contributed by atoms with Crippen LogP contribution in [0.15, 0.2) is 12.2 Å². The van der Waals surface area contributed by atoms with Crippen molar-refractivity contribution in [1.82, 2.24) is 0 Å². The molecule has 0 bridgehead atoms. The normalized spacial score (nSPS) is 9.82. The van der Waals surface area contributed by atoms with Crippen molar-refractivity contribution in [2.24, 2.45) is 5.73 Å². The van der Waals surface area contributed by atoms with Gasteiger partial charge >= 0.3 is 0 Å². The molecule has 0 unspecified atom stereocenters. The van der Waals surface area contributed by atoms with E-state index in [0.29, 0.717) is 0 Å². The zero-order chi connectivity index (χ0) is 8.85. The van der Waals surface area contributed by atoms with Gasteiger partial charge in [0, 0.05) is 12.4 Å². The highest BCUT2D eigenvalue weighted by Gasteiger charge is 2.01. The average Bonchev–Trinajstić information content (AvgIpc) is 1.86. The summed E-state index contributed by atoms with van der Waals surface area (Å²) in [6.07, 6.45) is 1.40. The average molecular weight is 156 g/mol. The first-order valence-electron chi connectivity index (χ1n) is 2.74. The fraction of sp³-hybridized carbons (Fsp3) is 0.167. The van der Waals surface area contributed by atoms with Crippen molar-refractivity contribution < 1.29 is 19.5 Å². The van der Waals surface area contributed by atoms with E-state index in [4.69, 9.17) is 0 Å². The third-order valence-corrected chi connectivity index (χ3v) is 0.797. The van der Waals surface area contributed by atoms with E-state index in [-0.39, 0.29) is 0 Å². The number of hydrogen-bond donors (Lipinski definition) is 1.